The molecule has 1 aliphatic heterocycles. The number of carbonyl (C=O) groups excluding carboxylic acids is 3. The number of carbonyl (C=O) groups is 3. The van der Waals surface area contributed by atoms with Crippen molar-refractivity contribution >= 4 is 23.6 Å². The molecule has 0 fully saturated rings. The molecule has 0 saturated heterocycles. The molecule has 0 N–H and O–H groups in total. The summed E-state index contributed by atoms with van der Waals surface area (Å²) in [4.78, 5) is 35.3. The highest BCUT2D eigenvalue weighted by molar-refractivity contribution is 6.25. The smallest absolute Gasteiger partial charge is 0.329 e. The lowest BCUT2D eigenvalue weighted by Crippen LogP contribution is -2.34. The molecule has 0 unspecified atom stereocenters. The van der Waals surface area contributed by atoms with Gasteiger partial charge >= 0.3 is 5.97 Å². The first-order chi connectivity index (χ1) is 10.0. The molecule has 5 nitrogen and oxygen atoms in total. The number of benzene rings is 1. The van der Waals surface area contributed by atoms with Crippen molar-refractivity contribution in [2.75, 3.05) is 7.11 Å². The van der Waals surface area contributed by atoms with Crippen LogP contribution in [-0.4, -0.2) is 24.6 Å². The molecule has 2 rings (SSSR count). The summed E-state index contributed by atoms with van der Waals surface area (Å²) in [5.74, 6) is -2.54. The molecule has 0 radical (unpaired) electrons. The number of esters is 1. The second-order valence-corrected chi connectivity index (χ2v) is 4.52. The van der Waals surface area contributed by atoms with Crippen LogP contribution in [0.4, 0.5) is 0 Å². The highest BCUT2D eigenvalue weighted by Crippen LogP contribution is 2.18. The van der Waals surface area contributed by atoms with Gasteiger partial charge in [0.15, 0.2) is 17.5 Å². The van der Waals surface area contributed by atoms with E-state index in [2.05, 4.69) is 0 Å². The zero-order valence-electron chi connectivity index (χ0n) is 11.7. The van der Waals surface area contributed by atoms with Gasteiger partial charge < -0.3 is 9.47 Å². The van der Waals surface area contributed by atoms with Crippen molar-refractivity contribution < 1.29 is 23.9 Å². The minimum Gasteiger partial charge on any atom is -0.497 e. The van der Waals surface area contributed by atoms with E-state index in [9.17, 15) is 14.4 Å². The molecular formula is C16H14O5. The van der Waals surface area contributed by atoms with E-state index in [1.807, 2.05) is 0 Å². The van der Waals surface area contributed by atoms with Crippen molar-refractivity contribution in [1.82, 2.24) is 0 Å². The Morgan fingerprint density at radius 3 is 2.76 bits per heavy atom. The van der Waals surface area contributed by atoms with Crippen LogP contribution in [0, 0.1) is 5.92 Å². The van der Waals surface area contributed by atoms with Gasteiger partial charge in [-0.1, -0.05) is 18.2 Å². The van der Waals surface area contributed by atoms with Crippen molar-refractivity contribution in [3.63, 3.8) is 0 Å². The highest BCUT2D eigenvalue weighted by atomic mass is 16.5. The van der Waals surface area contributed by atoms with E-state index in [1.165, 1.54) is 19.1 Å². The van der Waals surface area contributed by atoms with Crippen molar-refractivity contribution in [2.45, 2.75) is 6.92 Å². The van der Waals surface area contributed by atoms with Crippen LogP contribution in [0.3, 0.4) is 0 Å². The Morgan fingerprint density at radius 1 is 1.33 bits per heavy atom. The lowest BCUT2D eigenvalue weighted by atomic mass is 9.96. The molecule has 21 heavy (non-hydrogen) atoms. The maximum absolute atomic E-state index is 12.0. The van der Waals surface area contributed by atoms with Gasteiger partial charge in [-0.2, -0.15) is 0 Å². The summed E-state index contributed by atoms with van der Waals surface area (Å²) in [6, 6.07) is 7.05. The molecule has 1 aromatic rings. The fourth-order valence-electron chi connectivity index (χ4n) is 1.92. The number of allylic oxidation sites excluding steroid dienone is 3. The van der Waals surface area contributed by atoms with Crippen LogP contribution >= 0.6 is 0 Å². The lowest BCUT2D eigenvalue weighted by molar-refractivity contribution is -0.151. The topological polar surface area (TPSA) is 69.7 Å². The predicted octanol–water partition coefficient (Wildman–Crippen LogP) is 1.92. The second kappa shape index (κ2) is 6.17. The monoisotopic (exact) mass is 286 g/mol. The molecule has 1 heterocycles. The Balaban J connectivity index is 2.15. The maximum Gasteiger partial charge on any atom is 0.329 e. The van der Waals surface area contributed by atoms with Gasteiger partial charge in [0.05, 0.1) is 7.11 Å². The fourth-order valence-corrected chi connectivity index (χ4v) is 1.92. The number of methoxy groups -OCH3 is 1. The standard InChI is InChI=1S/C16H14O5/c1-10-8-14(18)15(16(19)21-10)13(17)7-6-11-4-3-5-12(9-11)20-2/h3-9,15H,1-2H3/b7-6+/t15-/m1/s1. The third-order valence-corrected chi connectivity index (χ3v) is 2.95. The predicted molar refractivity (Wildman–Crippen MR) is 75.4 cm³/mol. The zero-order chi connectivity index (χ0) is 15.4. The van der Waals surface area contributed by atoms with Crippen molar-refractivity contribution in [1.29, 1.82) is 0 Å². The minimum atomic E-state index is -1.41. The van der Waals surface area contributed by atoms with Gasteiger partial charge in [-0.15, -0.1) is 0 Å². The Labute approximate surface area is 121 Å². The fraction of sp³-hybridized carbons (Fsp3) is 0.188. The average Bonchev–Trinajstić information content (AvgIpc) is 2.44. The van der Waals surface area contributed by atoms with E-state index in [4.69, 9.17) is 9.47 Å². The van der Waals surface area contributed by atoms with Gasteiger partial charge in [0.25, 0.3) is 0 Å². The maximum atomic E-state index is 12.0. The molecule has 1 aliphatic rings. The van der Waals surface area contributed by atoms with Crippen LogP contribution in [0.1, 0.15) is 12.5 Å². The van der Waals surface area contributed by atoms with Crippen LogP contribution < -0.4 is 4.74 Å². The van der Waals surface area contributed by atoms with Gasteiger partial charge in [-0.25, -0.2) is 0 Å². The first-order valence-corrected chi connectivity index (χ1v) is 6.31. The molecule has 1 atom stereocenters. The number of ether oxygens (including phenoxy) is 2. The van der Waals surface area contributed by atoms with E-state index in [0.717, 1.165) is 11.6 Å². The number of hydrogen-bond donors (Lipinski definition) is 0. The molecule has 108 valence electrons. The summed E-state index contributed by atoms with van der Waals surface area (Å²) in [5.41, 5.74) is 0.728. The van der Waals surface area contributed by atoms with E-state index in [-0.39, 0.29) is 5.76 Å². The van der Waals surface area contributed by atoms with E-state index >= 15 is 0 Å². The second-order valence-electron chi connectivity index (χ2n) is 4.52. The summed E-state index contributed by atoms with van der Waals surface area (Å²) >= 11 is 0. The number of cyclic esters (lactones) is 1. The Kier molecular flexibility index (Phi) is 4.33. The number of rotatable bonds is 4. The van der Waals surface area contributed by atoms with E-state index in [0.29, 0.717) is 5.75 Å². The van der Waals surface area contributed by atoms with Gasteiger partial charge in [-0.3, -0.25) is 14.4 Å². The van der Waals surface area contributed by atoms with Gasteiger partial charge in [-0.05, 0) is 30.7 Å². The lowest BCUT2D eigenvalue weighted by Gasteiger charge is -2.15. The average molecular weight is 286 g/mol. The molecule has 0 spiro atoms. The van der Waals surface area contributed by atoms with Gasteiger partial charge in [0.1, 0.15) is 11.5 Å². The van der Waals surface area contributed by atoms with Gasteiger partial charge in [0, 0.05) is 6.08 Å². The Hall–Kier alpha value is -2.69. The molecule has 0 amide bonds. The molecular weight excluding hydrogens is 272 g/mol. The minimum absolute atomic E-state index is 0.200. The molecule has 0 aliphatic carbocycles. The normalized spacial score (nSPS) is 18.4. The van der Waals surface area contributed by atoms with Crippen LogP contribution in [0.25, 0.3) is 6.08 Å². The van der Waals surface area contributed by atoms with Crippen molar-refractivity contribution in [2.24, 2.45) is 5.92 Å². The summed E-state index contributed by atoms with van der Waals surface area (Å²) < 4.78 is 9.87. The van der Waals surface area contributed by atoms with E-state index < -0.39 is 23.5 Å². The number of ketones is 2. The SMILES string of the molecule is COc1cccc(/C=C/C(=O)[C@@H]2C(=O)C=C(C)OC2=O)c1. The highest BCUT2D eigenvalue weighted by Gasteiger charge is 2.36. The van der Waals surface area contributed by atoms with Crippen LogP contribution in [0.2, 0.25) is 0 Å². The molecule has 0 saturated carbocycles. The first kappa shape index (κ1) is 14.7. The third kappa shape index (κ3) is 3.45. The Morgan fingerprint density at radius 2 is 2.10 bits per heavy atom. The van der Waals surface area contributed by atoms with Crippen molar-refractivity contribution in [3.05, 3.63) is 47.7 Å². The molecule has 5 heteroatoms. The van der Waals surface area contributed by atoms with Crippen LogP contribution in [0.5, 0.6) is 5.75 Å². The largest absolute Gasteiger partial charge is 0.497 e. The Bertz CT molecular complexity index is 654. The summed E-state index contributed by atoms with van der Waals surface area (Å²) in [6.07, 6.45) is 3.88. The molecule has 1 aromatic carbocycles. The van der Waals surface area contributed by atoms with Crippen molar-refractivity contribution in [3.8, 4) is 5.75 Å². The summed E-state index contributed by atoms with van der Waals surface area (Å²) in [5, 5.41) is 0. The van der Waals surface area contributed by atoms with E-state index in [1.54, 1.807) is 31.4 Å². The van der Waals surface area contributed by atoms with Crippen LogP contribution in [-0.2, 0) is 19.1 Å². The quantitative estimate of drug-likeness (QED) is 0.480. The molecule has 0 aromatic heterocycles. The molecule has 0 bridgehead atoms. The first-order valence-electron chi connectivity index (χ1n) is 6.31. The van der Waals surface area contributed by atoms with Gasteiger partial charge in [0.2, 0.25) is 0 Å². The van der Waals surface area contributed by atoms with Crippen LogP contribution in [0.15, 0.2) is 42.2 Å². The summed E-state index contributed by atoms with van der Waals surface area (Å²) in [7, 11) is 1.54. The summed E-state index contributed by atoms with van der Waals surface area (Å²) in [6.45, 7) is 1.49. The zero-order valence-corrected chi connectivity index (χ0v) is 11.7. The third-order valence-electron chi connectivity index (χ3n) is 2.95. The number of hydrogen-bond acceptors (Lipinski definition) is 5.